The van der Waals surface area contributed by atoms with Gasteiger partial charge in [0.2, 0.25) is 0 Å². The van der Waals surface area contributed by atoms with E-state index in [1.165, 1.54) is 16.3 Å². The molecular weight excluding hydrogens is 246 g/mol. The van der Waals surface area contributed by atoms with E-state index in [9.17, 15) is 5.11 Å². The van der Waals surface area contributed by atoms with Gasteiger partial charge in [-0.15, -0.1) is 0 Å². The maximum Gasteiger partial charge on any atom is 0.0499 e. The predicted molar refractivity (Wildman–Crippen MR) is 85.8 cm³/mol. The zero-order chi connectivity index (χ0) is 14.4. The normalized spacial score (nSPS) is 11.9. The van der Waals surface area contributed by atoms with Gasteiger partial charge in [0, 0.05) is 25.1 Å². The maximum absolute atomic E-state index is 9.58. The Hall–Kier alpha value is -1.38. The first kappa shape index (κ1) is 15.0. The molecule has 108 valence electrons. The van der Waals surface area contributed by atoms with Gasteiger partial charge in [-0.2, -0.15) is 0 Å². The molecule has 2 rings (SSSR count). The topological polar surface area (TPSA) is 32.3 Å². The van der Waals surface area contributed by atoms with E-state index in [0.717, 1.165) is 25.9 Å². The Morgan fingerprint density at radius 1 is 1.00 bits per heavy atom. The van der Waals surface area contributed by atoms with Crippen LogP contribution in [0.2, 0.25) is 0 Å². The van der Waals surface area contributed by atoms with Crippen molar-refractivity contribution in [3.05, 3.63) is 48.0 Å². The summed E-state index contributed by atoms with van der Waals surface area (Å²) < 4.78 is 0. The highest BCUT2D eigenvalue weighted by Crippen LogP contribution is 2.24. The molecule has 20 heavy (non-hydrogen) atoms. The Morgan fingerprint density at radius 2 is 1.70 bits per heavy atom. The summed E-state index contributed by atoms with van der Waals surface area (Å²) in [6.45, 7) is 6.27. The van der Waals surface area contributed by atoms with Gasteiger partial charge in [0.15, 0.2) is 0 Å². The van der Waals surface area contributed by atoms with E-state index in [-0.39, 0.29) is 12.0 Å². The Labute approximate surface area is 121 Å². The van der Waals surface area contributed by atoms with Crippen LogP contribution in [-0.4, -0.2) is 18.3 Å². The van der Waals surface area contributed by atoms with Crippen LogP contribution in [0.4, 0.5) is 0 Å². The number of benzene rings is 2. The third-order valence-electron chi connectivity index (χ3n) is 4.48. The number of aliphatic hydroxyl groups is 1. The maximum atomic E-state index is 9.58. The van der Waals surface area contributed by atoms with Crippen LogP contribution >= 0.6 is 0 Å². The van der Waals surface area contributed by atoms with Gasteiger partial charge in [-0.05, 0) is 35.2 Å². The van der Waals surface area contributed by atoms with Crippen molar-refractivity contribution < 1.29 is 5.11 Å². The lowest BCUT2D eigenvalue weighted by Crippen LogP contribution is -2.36. The number of hydrogen-bond donors (Lipinski definition) is 2. The first-order valence-electron chi connectivity index (χ1n) is 7.52. The van der Waals surface area contributed by atoms with Crippen molar-refractivity contribution in [1.82, 2.24) is 5.32 Å². The summed E-state index contributed by atoms with van der Waals surface area (Å²) in [5, 5.41) is 15.6. The van der Waals surface area contributed by atoms with Gasteiger partial charge < -0.3 is 10.4 Å². The summed E-state index contributed by atoms with van der Waals surface area (Å²) in [4.78, 5) is 0. The minimum absolute atomic E-state index is 0.0247. The summed E-state index contributed by atoms with van der Waals surface area (Å²) in [5.74, 6) is 0. The summed E-state index contributed by atoms with van der Waals surface area (Å²) in [6.07, 6.45) is 2.01. The van der Waals surface area contributed by atoms with Crippen molar-refractivity contribution >= 4 is 10.8 Å². The minimum Gasteiger partial charge on any atom is -0.396 e. The van der Waals surface area contributed by atoms with Gasteiger partial charge in [0.05, 0.1) is 0 Å². The lowest BCUT2D eigenvalue weighted by molar-refractivity contribution is 0.113. The van der Waals surface area contributed by atoms with Crippen molar-refractivity contribution in [3.8, 4) is 0 Å². The number of rotatable bonds is 7. The smallest absolute Gasteiger partial charge is 0.0499 e. The van der Waals surface area contributed by atoms with Crippen molar-refractivity contribution in [1.29, 1.82) is 0 Å². The van der Waals surface area contributed by atoms with Crippen LogP contribution in [0.15, 0.2) is 42.5 Å². The highest BCUT2D eigenvalue weighted by Gasteiger charge is 2.24. The first-order chi connectivity index (χ1) is 9.73. The summed E-state index contributed by atoms with van der Waals surface area (Å²) >= 11 is 0. The van der Waals surface area contributed by atoms with Crippen LogP contribution in [-0.2, 0) is 6.54 Å². The molecule has 0 unspecified atom stereocenters. The molecule has 0 atom stereocenters. The summed E-state index contributed by atoms with van der Waals surface area (Å²) in [6, 6.07) is 15.0. The quantitative estimate of drug-likeness (QED) is 0.804. The molecule has 2 N–H and O–H groups in total. The van der Waals surface area contributed by atoms with Crippen molar-refractivity contribution in [2.75, 3.05) is 13.2 Å². The molecule has 0 heterocycles. The average Bonchev–Trinajstić information content (AvgIpc) is 2.52. The van der Waals surface area contributed by atoms with E-state index in [4.69, 9.17) is 0 Å². The second-order valence-electron chi connectivity index (χ2n) is 5.65. The lowest BCUT2D eigenvalue weighted by atomic mass is 9.83. The number of aliphatic hydroxyl groups excluding tert-OH is 1. The van der Waals surface area contributed by atoms with E-state index >= 15 is 0 Å². The van der Waals surface area contributed by atoms with Crippen LogP contribution in [0.5, 0.6) is 0 Å². The largest absolute Gasteiger partial charge is 0.396 e. The van der Waals surface area contributed by atoms with Crippen LogP contribution in [0.25, 0.3) is 10.8 Å². The number of nitrogens with one attached hydrogen (secondary N) is 1. The van der Waals surface area contributed by atoms with Crippen molar-refractivity contribution in [3.63, 3.8) is 0 Å². The van der Waals surface area contributed by atoms with E-state index in [0.29, 0.717) is 0 Å². The molecule has 0 aliphatic carbocycles. The zero-order valence-electron chi connectivity index (χ0n) is 12.5. The standard InChI is InChI=1S/C18H25NO/c1-3-18(4-2,14-20)13-19-12-15-9-10-16-7-5-6-8-17(16)11-15/h5-11,19-20H,3-4,12-14H2,1-2H3. The SMILES string of the molecule is CCC(CC)(CO)CNCc1ccc2ccccc2c1. The van der Waals surface area contributed by atoms with Crippen molar-refractivity contribution in [2.45, 2.75) is 33.2 Å². The molecule has 2 aromatic rings. The molecule has 0 saturated heterocycles. The van der Waals surface area contributed by atoms with E-state index in [1.807, 2.05) is 0 Å². The van der Waals surface area contributed by atoms with Crippen LogP contribution in [0.3, 0.4) is 0 Å². The molecule has 0 aromatic heterocycles. The Morgan fingerprint density at radius 3 is 2.35 bits per heavy atom. The molecule has 0 amide bonds. The minimum atomic E-state index is 0.0247. The van der Waals surface area contributed by atoms with E-state index < -0.39 is 0 Å². The second kappa shape index (κ2) is 6.87. The highest BCUT2D eigenvalue weighted by atomic mass is 16.3. The third kappa shape index (κ3) is 3.38. The number of hydrogen-bond acceptors (Lipinski definition) is 2. The molecular formula is C18H25NO. The van der Waals surface area contributed by atoms with Crippen LogP contribution < -0.4 is 5.32 Å². The predicted octanol–water partition coefficient (Wildman–Crippen LogP) is 3.73. The van der Waals surface area contributed by atoms with Gasteiger partial charge in [-0.3, -0.25) is 0 Å². The summed E-state index contributed by atoms with van der Waals surface area (Å²) in [5.41, 5.74) is 1.32. The highest BCUT2D eigenvalue weighted by molar-refractivity contribution is 5.82. The van der Waals surface area contributed by atoms with Gasteiger partial charge in [0.25, 0.3) is 0 Å². The number of fused-ring (bicyclic) bond motifs is 1. The van der Waals surface area contributed by atoms with Gasteiger partial charge in [-0.25, -0.2) is 0 Å². The molecule has 0 aliphatic heterocycles. The first-order valence-corrected chi connectivity index (χ1v) is 7.52. The molecule has 0 saturated carbocycles. The van der Waals surface area contributed by atoms with Crippen LogP contribution in [0.1, 0.15) is 32.3 Å². The molecule has 0 fully saturated rings. The van der Waals surface area contributed by atoms with Crippen LogP contribution in [0, 0.1) is 5.41 Å². The van der Waals surface area contributed by atoms with Gasteiger partial charge in [0.1, 0.15) is 0 Å². The van der Waals surface area contributed by atoms with Gasteiger partial charge in [-0.1, -0.05) is 50.2 Å². The molecule has 2 aromatic carbocycles. The molecule has 0 radical (unpaired) electrons. The molecule has 0 bridgehead atoms. The third-order valence-corrected chi connectivity index (χ3v) is 4.48. The fourth-order valence-electron chi connectivity index (χ4n) is 2.60. The van der Waals surface area contributed by atoms with E-state index in [2.05, 4.69) is 61.6 Å². The molecule has 2 nitrogen and oxygen atoms in total. The van der Waals surface area contributed by atoms with Crippen molar-refractivity contribution in [2.24, 2.45) is 5.41 Å². The Bertz CT molecular complexity index is 538. The summed E-state index contributed by atoms with van der Waals surface area (Å²) in [7, 11) is 0. The fraction of sp³-hybridized carbons (Fsp3) is 0.444. The van der Waals surface area contributed by atoms with Gasteiger partial charge >= 0.3 is 0 Å². The lowest BCUT2D eigenvalue weighted by Gasteiger charge is -2.29. The monoisotopic (exact) mass is 271 g/mol. The molecule has 2 heteroatoms. The zero-order valence-corrected chi connectivity index (χ0v) is 12.5. The Kier molecular flexibility index (Phi) is 5.16. The second-order valence-corrected chi connectivity index (χ2v) is 5.65. The molecule has 0 spiro atoms. The van der Waals surface area contributed by atoms with E-state index in [1.54, 1.807) is 0 Å². The average molecular weight is 271 g/mol. The Balaban J connectivity index is 1.99. The fourth-order valence-corrected chi connectivity index (χ4v) is 2.60. The molecule has 0 aliphatic rings.